The summed E-state index contributed by atoms with van der Waals surface area (Å²) >= 11 is 11.9. The quantitative estimate of drug-likeness (QED) is 0.345. The van der Waals surface area contributed by atoms with Gasteiger partial charge in [-0.15, -0.1) is 0 Å². The number of carboxylic acid groups (broad SMARTS) is 1. The third-order valence-electron chi connectivity index (χ3n) is 5.62. The van der Waals surface area contributed by atoms with Gasteiger partial charge >= 0.3 is 12.0 Å². The summed E-state index contributed by atoms with van der Waals surface area (Å²) in [4.78, 5) is 41.7. The molecule has 1 aliphatic rings. The Balaban J connectivity index is 1.45. The molecule has 2 unspecified atom stereocenters. The molecule has 0 radical (unpaired) electrons. The molecule has 3 rings (SSSR count). The van der Waals surface area contributed by atoms with Gasteiger partial charge in [0.1, 0.15) is 5.02 Å². The molecule has 1 aromatic carbocycles. The molecule has 10 nitrogen and oxygen atoms in total. The third kappa shape index (κ3) is 8.54. The van der Waals surface area contributed by atoms with E-state index in [0.29, 0.717) is 36.8 Å². The van der Waals surface area contributed by atoms with Gasteiger partial charge in [-0.25, -0.2) is 9.78 Å². The average molecular weight is 538 g/mol. The first-order valence-corrected chi connectivity index (χ1v) is 12.3. The molecule has 4 N–H and O–H groups in total. The number of pyridine rings is 1. The van der Waals surface area contributed by atoms with Crippen LogP contribution in [-0.2, 0) is 16.1 Å². The van der Waals surface area contributed by atoms with E-state index < -0.39 is 12.1 Å². The van der Waals surface area contributed by atoms with E-state index in [9.17, 15) is 14.4 Å². The molecule has 1 aliphatic heterocycles. The predicted molar refractivity (Wildman–Crippen MR) is 136 cm³/mol. The number of aromatic nitrogens is 1. The van der Waals surface area contributed by atoms with E-state index in [2.05, 4.69) is 20.9 Å². The molecule has 1 aromatic heterocycles. The number of carboxylic acids is 1. The van der Waals surface area contributed by atoms with Crippen molar-refractivity contribution in [3.05, 3.63) is 52.1 Å². The minimum absolute atomic E-state index is 0.0168. The number of amides is 3. The number of carbonyl (C=O) groups is 3. The zero-order valence-corrected chi connectivity index (χ0v) is 21.3. The molecular formula is C24H29Cl2N5O5. The molecule has 0 bridgehead atoms. The van der Waals surface area contributed by atoms with Crippen molar-refractivity contribution in [1.29, 1.82) is 0 Å². The van der Waals surface area contributed by atoms with Crippen LogP contribution in [-0.4, -0.2) is 65.2 Å². The van der Waals surface area contributed by atoms with Gasteiger partial charge in [0, 0.05) is 31.5 Å². The fourth-order valence-electron chi connectivity index (χ4n) is 3.83. The van der Waals surface area contributed by atoms with Gasteiger partial charge in [0.25, 0.3) is 5.91 Å². The van der Waals surface area contributed by atoms with Gasteiger partial charge in [-0.2, -0.15) is 0 Å². The predicted octanol–water partition coefficient (Wildman–Crippen LogP) is 3.39. The van der Waals surface area contributed by atoms with E-state index in [1.807, 2.05) is 17.9 Å². The molecule has 2 aromatic rings. The lowest BCUT2D eigenvalue weighted by Crippen LogP contribution is -2.37. The SMILES string of the molecule is CCC(Oc1ncc(Cl)cc1Cl)C(=O)NCc1cccc(NC(=O)NCC2CCN(CC(=O)O)C2)c1. The molecule has 2 atom stereocenters. The lowest BCUT2D eigenvalue weighted by Gasteiger charge is -2.17. The van der Waals surface area contributed by atoms with Crippen LogP contribution < -0.4 is 20.7 Å². The van der Waals surface area contributed by atoms with Gasteiger partial charge < -0.3 is 25.8 Å². The maximum atomic E-state index is 12.6. The summed E-state index contributed by atoms with van der Waals surface area (Å²) in [6.45, 7) is 3.88. The Kier molecular flexibility index (Phi) is 10.2. The van der Waals surface area contributed by atoms with Gasteiger partial charge in [-0.1, -0.05) is 42.3 Å². The highest BCUT2D eigenvalue weighted by Gasteiger charge is 2.24. The van der Waals surface area contributed by atoms with Crippen molar-refractivity contribution in [3.63, 3.8) is 0 Å². The van der Waals surface area contributed by atoms with Crippen LogP contribution in [0.3, 0.4) is 0 Å². The van der Waals surface area contributed by atoms with E-state index in [-0.39, 0.29) is 41.8 Å². The summed E-state index contributed by atoms with van der Waals surface area (Å²) in [6.07, 6.45) is 1.85. The molecule has 0 aliphatic carbocycles. The number of nitrogens with zero attached hydrogens (tertiary/aromatic N) is 2. The molecule has 1 fully saturated rings. The fourth-order valence-corrected chi connectivity index (χ4v) is 4.26. The van der Waals surface area contributed by atoms with Crippen LogP contribution in [0, 0.1) is 5.92 Å². The number of urea groups is 1. The van der Waals surface area contributed by atoms with Crippen molar-refractivity contribution in [2.45, 2.75) is 32.4 Å². The van der Waals surface area contributed by atoms with Gasteiger partial charge in [-0.05, 0) is 49.1 Å². The van der Waals surface area contributed by atoms with E-state index in [1.165, 1.54) is 12.3 Å². The lowest BCUT2D eigenvalue weighted by molar-refractivity contribution is -0.138. The molecular weight excluding hydrogens is 509 g/mol. The van der Waals surface area contributed by atoms with Crippen molar-refractivity contribution in [1.82, 2.24) is 20.5 Å². The molecule has 36 heavy (non-hydrogen) atoms. The minimum atomic E-state index is -0.849. The largest absolute Gasteiger partial charge is 0.480 e. The highest BCUT2D eigenvalue weighted by atomic mass is 35.5. The normalized spacial score (nSPS) is 16.2. The number of likely N-dealkylation sites (tertiary alicyclic amines) is 1. The van der Waals surface area contributed by atoms with Crippen LogP contribution in [0.5, 0.6) is 5.88 Å². The maximum absolute atomic E-state index is 12.6. The van der Waals surface area contributed by atoms with E-state index in [4.69, 9.17) is 33.0 Å². The number of anilines is 1. The second-order valence-corrected chi connectivity index (χ2v) is 9.34. The summed E-state index contributed by atoms with van der Waals surface area (Å²) in [5.41, 5.74) is 1.37. The molecule has 2 heterocycles. The van der Waals surface area contributed by atoms with E-state index >= 15 is 0 Å². The van der Waals surface area contributed by atoms with Gasteiger partial charge in [0.05, 0.1) is 11.6 Å². The number of hydrogen-bond acceptors (Lipinski definition) is 6. The zero-order chi connectivity index (χ0) is 26.1. The summed E-state index contributed by atoms with van der Waals surface area (Å²) < 4.78 is 5.66. The minimum Gasteiger partial charge on any atom is -0.480 e. The highest BCUT2D eigenvalue weighted by Crippen LogP contribution is 2.26. The summed E-state index contributed by atoms with van der Waals surface area (Å²) in [6, 6.07) is 8.28. The van der Waals surface area contributed by atoms with Crippen LogP contribution in [0.15, 0.2) is 36.5 Å². The molecule has 12 heteroatoms. The monoisotopic (exact) mass is 537 g/mol. The number of hydrogen-bond donors (Lipinski definition) is 4. The molecule has 3 amide bonds. The number of nitrogens with one attached hydrogen (secondary N) is 3. The van der Waals surface area contributed by atoms with Crippen molar-refractivity contribution < 1.29 is 24.2 Å². The molecule has 0 spiro atoms. The van der Waals surface area contributed by atoms with E-state index in [0.717, 1.165) is 12.0 Å². The van der Waals surface area contributed by atoms with Gasteiger partial charge in [0.2, 0.25) is 5.88 Å². The van der Waals surface area contributed by atoms with Crippen LogP contribution in [0.25, 0.3) is 0 Å². The van der Waals surface area contributed by atoms with E-state index in [1.54, 1.807) is 18.2 Å². The first kappa shape index (κ1) is 27.5. The Morgan fingerprint density at radius 1 is 1.25 bits per heavy atom. The third-order valence-corrected chi connectivity index (χ3v) is 6.10. The number of carbonyl (C=O) groups excluding carboxylic acids is 2. The van der Waals surface area contributed by atoms with Gasteiger partial charge in [-0.3, -0.25) is 14.5 Å². The second kappa shape index (κ2) is 13.3. The summed E-state index contributed by atoms with van der Waals surface area (Å²) in [7, 11) is 0. The Bertz CT molecular complexity index is 1090. The van der Waals surface area contributed by atoms with Crippen molar-refractivity contribution in [2.75, 3.05) is 31.5 Å². The smallest absolute Gasteiger partial charge is 0.319 e. The number of halogens is 2. The summed E-state index contributed by atoms with van der Waals surface area (Å²) in [5.74, 6) is -0.830. The lowest BCUT2D eigenvalue weighted by atomic mass is 10.1. The number of benzene rings is 1. The first-order valence-electron chi connectivity index (χ1n) is 11.6. The molecule has 1 saturated heterocycles. The standard InChI is InChI=1S/C24H29Cl2N5O5/c1-2-20(36-23-19(26)9-17(25)12-28-23)22(34)27-10-15-4-3-5-18(8-15)30-24(35)29-11-16-6-7-31(13-16)14-21(32)33/h3-5,8-9,12,16,20H,2,6-7,10-11,13-14H2,1H3,(H,27,34)(H,32,33)(H2,29,30,35). The van der Waals surface area contributed by atoms with Gasteiger partial charge in [0.15, 0.2) is 6.10 Å². The molecule has 194 valence electrons. The average Bonchev–Trinajstić information content (AvgIpc) is 3.27. The topological polar surface area (TPSA) is 133 Å². The molecule has 0 saturated carbocycles. The zero-order valence-electron chi connectivity index (χ0n) is 19.8. The van der Waals surface area contributed by atoms with Crippen LogP contribution >= 0.6 is 23.2 Å². The fraction of sp³-hybridized carbons (Fsp3) is 0.417. The highest BCUT2D eigenvalue weighted by molar-refractivity contribution is 6.35. The Labute approximate surface area is 219 Å². The summed E-state index contributed by atoms with van der Waals surface area (Å²) in [5, 5.41) is 17.9. The first-order chi connectivity index (χ1) is 17.2. The number of rotatable bonds is 11. The van der Waals surface area contributed by atoms with Crippen LogP contribution in [0.1, 0.15) is 25.3 Å². The second-order valence-electron chi connectivity index (χ2n) is 8.49. The maximum Gasteiger partial charge on any atom is 0.319 e. The number of aliphatic carboxylic acids is 1. The van der Waals surface area contributed by atoms with Crippen molar-refractivity contribution in [3.8, 4) is 5.88 Å². The van der Waals surface area contributed by atoms with Crippen LogP contribution in [0.4, 0.5) is 10.5 Å². The Morgan fingerprint density at radius 2 is 2.06 bits per heavy atom. The Morgan fingerprint density at radius 3 is 2.78 bits per heavy atom. The van der Waals surface area contributed by atoms with Crippen molar-refractivity contribution >= 4 is 46.8 Å². The van der Waals surface area contributed by atoms with Crippen LogP contribution in [0.2, 0.25) is 10.0 Å². The number of ether oxygens (including phenoxy) is 1. The van der Waals surface area contributed by atoms with Crippen molar-refractivity contribution in [2.24, 2.45) is 5.92 Å². The Hall–Kier alpha value is -3.08.